The van der Waals surface area contributed by atoms with Crippen LogP contribution in [0.2, 0.25) is 5.02 Å². The second-order valence-electron chi connectivity index (χ2n) is 3.22. The van der Waals surface area contributed by atoms with Gasteiger partial charge in [0.2, 0.25) is 5.91 Å². The Morgan fingerprint density at radius 1 is 1.35 bits per heavy atom. The minimum absolute atomic E-state index is 0.00734. The highest BCUT2D eigenvalue weighted by molar-refractivity contribution is 6.31. The maximum atomic E-state index is 12.4. The highest BCUT2D eigenvalue weighted by Gasteiger charge is 2.31. The van der Waals surface area contributed by atoms with Crippen molar-refractivity contribution in [3.63, 3.8) is 0 Å². The Morgan fingerprint density at radius 3 is 2.53 bits per heavy atom. The molecule has 0 spiro atoms. The van der Waals surface area contributed by atoms with Crippen LogP contribution in [0.25, 0.3) is 0 Å². The Bertz CT molecular complexity index is 455. The van der Waals surface area contributed by atoms with Gasteiger partial charge in [-0.2, -0.15) is 13.2 Å². The molecule has 17 heavy (non-hydrogen) atoms. The highest BCUT2D eigenvalue weighted by atomic mass is 35.5. The van der Waals surface area contributed by atoms with Gasteiger partial charge in [-0.3, -0.25) is 4.79 Å². The van der Waals surface area contributed by atoms with Crippen molar-refractivity contribution < 1.29 is 18.0 Å². The molecule has 0 aliphatic carbocycles. The molecule has 0 atom stereocenters. The Morgan fingerprint density at radius 2 is 2.00 bits per heavy atom. The molecule has 0 bridgehead atoms. The molecule has 92 valence electrons. The second kappa shape index (κ2) is 5.23. The predicted molar refractivity (Wildman–Crippen MR) is 59.9 cm³/mol. The number of carbonyl (C=O) groups excluding carboxylic acids is 1. The molecule has 6 heteroatoms. The first-order chi connectivity index (χ1) is 7.82. The molecule has 1 N–H and O–H groups in total. The van der Waals surface area contributed by atoms with Crippen molar-refractivity contribution in [2.24, 2.45) is 0 Å². The summed E-state index contributed by atoms with van der Waals surface area (Å²) in [6.07, 6.45) is -1.82. The fourth-order valence-electron chi connectivity index (χ4n) is 1.16. The summed E-state index contributed by atoms with van der Waals surface area (Å²) in [4.78, 5) is 11.2. The molecule has 0 saturated carbocycles. The summed E-state index contributed by atoms with van der Waals surface area (Å²) in [5.41, 5.74) is -0.895. The number of benzene rings is 1. The molecule has 1 aromatic carbocycles. The largest absolute Gasteiger partial charge is 0.416 e. The van der Waals surface area contributed by atoms with Gasteiger partial charge in [0.25, 0.3) is 0 Å². The molecule has 0 aromatic heterocycles. The summed E-state index contributed by atoms with van der Waals surface area (Å²) in [7, 11) is 0. The topological polar surface area (TPSA) is 29.1 Å². The van der Waals surface area contributed by atoms with E-state index < -0.39 is 17.6 Å². The van der Waals surface area contributed by atoms with E-state index in [4.69, 9.17) is 11.6 Å². The number of hydrogen-bond donors (Lipinski definition) is 1. The van der Waals surface area contributed by atoms with Gasteiger partial charge in [-0.1, -0.05) is 17.7 Å². The third-order valence-electron chi connectivity index (χ3n) is 1.81. The van der Waals surface area contributed by atoms with E-state index in [1.807, 2.05) is 0 Å². The monoisotopic (exact) mass is 263 g/mol. The van der Waals surface area contributed by atoms with E-state index in [1.165, 1.54) is 18.2 Å². The first kappa shape index (κ1) is 13.6. The molecular weight excluding hydrogens is 255 g/mol. The third kappa shape index (κ3) is 4.11. The van der Waals surface area contributed by atoms with Crippen molar-refractivity contribution in [1.29, 1.82) is 0 Å². The normalized spacial score (nSPS) is 11.8. The van der Waals surface area contributed by atoms with Gasteiger partial charge in [-0.15, -0.1) is 0 Å². The lowest BCUT2D eigenvalue weighted by Gasteiger charge is -2.10. The first-order valence-electron chi connectivity index (χ1n) is 4.64. The zero-order valence-corrected chi connectivity index (χ0v) is 9.56. The quantitative estimate of drug-likeness (QED) is 0.806. The van der Waals surface area contributed by atoms with Gasteiger partial charge in [0.15, 0.2) is 0 Å². The van der Waals surface area contributed by atoms with Crippen LogP contribution in [0.4, 0.5) is 18.9 Å². The lowest BCUT2D eigenvalue weighted by Crippen LogP contribution is -2.10. The van der Waals surface area contributed by atoms with Crippen LogP contribution in [-0.4, -0.2) is 5.91 Å². The van der Waals surface area contributed by atoms with Crippen LogP contribution in [0.5, 0.6) is 0 Å². The number of hydrogen-bond acceptors (Lipinski definition) is 1. The number of allylic oxidation sites excluding steroid dienone is 1. The molecule has 0 unspecified atom stereocenters. The summed E-state index contributed by atoms with van der Waals surface area (Å²) in [6, 6.07) is 2.87. The van der Waals surface area contributed by atoms with E-state index in [0.717, 1.165) is 12.1 Å². The number of amides is 1. The van der Waals surface area contributed by atoms with Crippen molar-refractivity contribution in [1.82, 2.24) is 0 Å². The van der Waals surface area contributed by atoms with Crippen LogP contribution >= 0.6 is 11.6 Å². The summed E-state index contributed by atoms with van der Waals surface area (Å²) in [5, 5.41) is 2.20. The average molecular weight is 264 g/mol. The van der Waals surface area contributed by atoms with Crippen LogP contribution in [0.1, 0.15) is 12.5 Å². The van der Waals surface area contributed by atoms with Crippen molar-refractivity contribution in [3.8, 4) is 0 Å². The van der Waals surface area contributed by atoms with Crippen LogP contribution in [0.3, 0.4) is 0 Å². The van der Waals surface area contributed by atoms with Crippen LogP contribution < -0.4 is 5.32 Å². The number of halogens is 4. The van der Waals surface area contributed by atoms with Gasteiger partial charge in [-0.25, -0.2) is 0 Å². The molecule has 1 aromatic rings. The Kier molecular flexibility index (Phi) is 4.17. The first-order valence-corrected chi connectivity index (χ1v) is 5.02. The maximum Gasteiger partial charge on any atom is 0.416 e. The molecule has 1 amide bonds. The molecule has 0 radical (unpaired) electrons. The Hall–Kier alpha value is -1.49. The zero-order chi connectivity index (χ0) is 13.1. The second-order valence-corrected chi connectivity index (χ2v) is 3.65. The third-order valence-corrected chi connectivity index (χ3v) is 2.03. The average Bonchev–Trinajstić information content (AvgIpc) is 2.15. The minimum Gasteiger partial charge on any atom is -0.322 e. The van der Waals surface area contributed by atoms with Gasteiger partial charge in [-0.05, 0) is 31.2 Å². The lowest BCUT2D eigenvalue weighted by molar-refractivity contribution is -0.137. The van der Waals surface area contributed by atoms with Crippen molar-refractivity contribution >= 4 is 23.2 Å². The van der Waals surface area contributed by atoms with Gasteiger partial charge in [0.05, 0.1) is 5.56 Å². The van der Waals surface area contributed by atoms with Crippen molar-refractivity contribution in [2.45, 2.75) is 13.1 Å². The Labute approximate surface area is 101 Å². The fraction of sp³-hybridized carbons (Fsp3) is 0.182. The molecule has 0 fully saturated rings. The van der Waals surface area contributed by atoms with Gasteiger partial charge in [0, 0.05) is 10.7 Å². The summed E-state index contributed by atoms with van der Waals surface area (Å²) >= 11 is 5.55. The zero-order valence-electron chi connectivity index (χ0n) is 8.81. The number of nitrogens with one attached hydrogen (secondary N) is 1. The van der Waals surface area contributed by atoms with E-state index in [-0.39, 0.29) is 10.7 Å². The standard InChI is InChI=1S/C11H9ClF3NO/c1-2-3-10(17)16-9-5-7(11(13,14)15)4-8(12)6-9/h2-6H,1H3,(H,16,17)/b3-2+. The molecule has 1 rings (SSSR count). The summed E-state index contributed by atoms with van der Waals surface area (Å²) in [6.45, 7) is 1.62. The van der Waals surface area contributed by atoms with Crippen LogP contribution in [0.15, 0.2) is 30.4 Å². The summed E-state index contributed by atoms with van der Waals surface area (Å²) < 4.78 is 37.3. The van der Waals surface area contributed by atoms with E-state index >= 15 is 0 Å². The number of rotatable bonds is 2. The van der Waals surface area contributed by atoms with Gasteiger partial charge in [0.1, 0.15) is 0 Å². The molecular formula is C11H9ClF3NO. The van der Waals surface area contributed by atoms with E-state index in [1.54, 1.807) is 6.92 Å². The van der Waals surface area contributed by atoms with Gasteiger partial charge >= 0.3 is 6.18 Å². The minimum atomic E-state index is -4.50. The lowest BCUT2D eigenvalue weighted by atomic mass is 10.2. The van der Waals surface area contributed by atoms with Crippen LogP contribution in [-0.2, 0) is 11.0 Å². The fourth-order valence-corrected chi connectivity index (χ4v) is 1.40. The van der Waals surface area contributed by atoms with E-state index in [0.29, 0.717) is 0 Å². The molecule has 2 nitrogen and oxygen atoms in total. The van der Waals surface area contributed by atoms with E-state index in [9.17, 15) is 18.0 Å². The van der Waals surface area contributed by atoms with Crippen molar-refractivity contribution in [3.05, 3.63) is 40.9 Å². The number of carbonyl (C=O) groups is 1. The van der Waals surface area contributed by atoms with Gasteiger partial charge < -0.3 is 5.32 Å². The maximum absolute atomic E-state index is 12.4. The highest BCUT2D eigenvalue weighted by Crippen LogP contribution is 2.33. The SMILES string of the molecule is C/C=C/C(=O)Nc1cc(Cl)cc(C(F)(F)F)c1. The molecule has 0 saturated heterocycles. The van der Waals surface area contributed by atoms with Crippen molar-refractivity contribution in [2.75, 3.05) is 5.32 Å². The molecule has 0 heterocycles. The molecule has 0 aliphatic heterocycles. The van der Waals surface area contributed by atoms with E-state index in [2.05, 4.69) is 5.32 Å². The smallest absolute Gasteiger partial charge is 0.322 e. The van der Waals surface area contributed by atoms with Crippen LogP contribution in [0, 0.1) is 0 Å². The predicted octanol–water partition coefficient (Wildman–Crippen LogP) is 3.87. The Balaban J connectivity index is 3.02. The molecule has 0 aliphatic rings. The number of alkyl halides is 3. The number of anilines is 1. The summed E-state index contributed by atoms with van der Waals surface area (Å²) in [5.74, 6) is -0.511.